The van der Waals surface area contributed by atoms with E-state index in [1.54, 1.807) is 0 Å². The van der Waals surface area contributed by atoms with Crippen LogP contribution in [0.2, 0.25) is 0 Å². The highest BCUT2D eigenvalue weighted by Gasteiger charge is 2.13. The van der Waals surface area contributed by atoms with Gasteiger partial charge in [-0.1, -0.05) is 30.7 Å². The number of para-hydroxylation sites is 1. The van der Waals surface area contributed by atoms with Crippen LogP contribution < -0.4 is 10.2 Å². The number of hydrogen-bond donors (Lipinski definition) is 1. The zero-order chi connectivity index (χ0) is 12.6. The quantitative estimate of drug-likeness (QED) is 0.610. The normalized spacial score (nSPS) is 15.0. The van der Waals surface area contributed by atoms with Crippen LogP contribution in [-0.2, 0) is 6.54 Å². The van der Waals surface area contributed by atoms with Crippen LogP contribution in [0.1, 0.15) is 31.2 Å². The first kappa shape index (κ1) is 13.2. The molecule has 0 spiro atoms. The average molecular weight is 244 g/mol. The van der Waals surface area contributed by atoms with E-state index in [-0.39, 0.29) is 0 Å². The van der Waals surface area contributed by atoms with Crippen molar-refractivity contribution in [3.05, 3.63) is 42.5 Å². The molecule has 1 aromatic rings. The second-order valence-electron chi connectivity index (χ2n) is 4.93. The standard InChI is InChI=1S/C16H24N2/c1-2-3-4-5-8-12-18-13-11-17-14-15-9-6-7-10-16(15)18/h2,6-7,9-10,17H,1,3-5,8,11-14H2. The molecule has 0 unspecified atom stereocenters. The minimum Gasteiger partial charge on any atom is -0.370 e. The van der Waals surface area contributed by atoms with Gasteiger partial charge in [0.05, 0.1) is 0 Å². The third kappa shape index (κ3) is 3.61. The Balaban J connectivity index is 1.89. The number of anilines is 1. The SMILES string of the molecule is C=CCCCCCN1CCNCc2ccccc21. The molecule has 98 valence electrons. The molecule has 0 saturated carbocycles. The molecule has 1 aliphatic heterocycles. The van der Waals surface area contributed by atoms with E-state index in [0.717, 1.165) is 26.1 Å². The Morgan fingerprint density at radius 2 is 2.11 bits per heavy atom. The number of rotatable bonds is 6. The summed E-state index contributed by atoms with van der Waals surface area (Å²) < 4.78 is 0. The number of nitrogens with one attached hydrogen (secondary N) is 1. The molecule has 1 aliphatic rings. The molecule has 0 atom stereocenters. The van der Waals surface area contributed by atoms with Gasteiger partial charge in [-0.2, -0.15) is 0 Å². The van der Waals surface area contributed by atoms with E-state index >= 15 is 0 Å². The van der Waals surface area contributed by atoms with Gasteiger partial charge >= 0.3 is 0 Å². The van der Waals surface area contributed by atoms with E-state index in [2.05, 4.69) is 41.1 Å². The van der Waals surface area contributed by atoms with E-state index in [1.165, 1.54) is 37.1 Å². The van der Waals surface area contributed by atoms with Gasteiger partial charge in [0.15, 0.2) is 0 Å². The van der Waals surface area contributed by atoms with E-state index < -0.39 is 0 Å². The summed E-state index contributed by atoms with van der Waals surface area (Å²) in [5.74, 6) is 0. The van der Waals surface area contributed by atoms with Crippen LogP contribution in [0.25, 0.3) is 0 Å². The lowest BCUT2D eigenvalue weighted by atomic mass is 10.1. The lowest BCUT2D eigenvalue weighted by Crippen LogP contribution is -2.29. The highest BCUT2D eigenvalue weighted by Crippen LogP contribution is 2.22. The van der Waals surface area contributed by atoms with Crippen molar-refractivity contribution < 1.29 is 0 Å². The molecule has 1 N–H and O–H groups in total. The second kappa shape index (κ2) is 7.22. The zero-order valence-electron chi connectivity index (χ0n) is 11.2. The number of benzene rings is 1. The maximum absolute atomic E-state index is 3.77. The summed E-state index contributed by atoms with van der Waals surface area (Å²) in [6, 6.07) is 8.77. The summed E-state index contributed by atoms with van der Waals surface area (Å²) in [5.41, 5.74) is 2.85. The number of unbranched alkanes of at least 4 members (excludes halogenated alkanes) is 3. The topological polar surface area (TPSA) is 15.3 Å². The molecule has 0 bridgehead atoms. The van der Waals surface area contributed by atoms with Gasteiger partial charge in [0.25, 0.3) is 0 Å². The summed E-state index contributed by atoms with van der Waals surface area (Å²) in [6.07, 6.45) is 7.03. The van der Waals surface area contributed by atoms with Gasteiger partial charge in [-0.05, 0) is 30.9 Å². The van der Waals surface area contributed by atoms with Gasteiger partial charge in [-0.3, -0.25) is 0 Å². The van der Waals surface area contributed by atoms with Gasteiger partial charge in [0, 0.05) is 31.9 Å². The predicted octanol–water partition coefficient (Wildman–Crippen LogP) is 3.34. The Hall–Kier alpha value is -1.28. The smallest absolute Gasteiger partial charge is 0.0412 e. The van der Waals surface area contributed by atoms with Crippen LogP contribution in [0.4, 0.5) is 5.69 Å². The predicted molar refractivity (Wildman–Crippen MR) is 79.0 cm³/mol. The molecule has 0 fully saturated rings. The molecule has 0 saturated heterocycles. The summed E-state index contributed by atoms with van der Waals surface area (Å²) >= 11 is 0. The molecule has 2 nitrogen and oxygen atoms in total. The summed E-state index contributed by atoms with van der Waals surface area (Å²) in [4.78, 5) is 2.53. The lowest BCUT2D eigenvalue weighted by molar-refractivity contribution is 0.641. The largest absolute Gasteiger partial charge is 0.370 e. The first-order valence-electron chi connectivity index (χ1n) is 7.06. The molecule has 0 amide bonds. The van der Waals surface area contributed by atoms with E-state index in [9.17, 15) is 0 Å². The van der Waals surface area contributed by atoms with Crippen LogP contribution in [-0.4, -0.2) is 19.6 Å². The molecule has 0 aromatic heterocycles. The van der Waals surface area contributed by atoms with Crippen molar-refractivity contribution in [3.8, 4) is 0 Å². The monoisotopic (exact) mass is 244 g/mol. The Morgan fingerprint density at radius 1 is 1.22 bits per heavy atom. The minimum absolute atomic E-state index is 1.00. The van der Waals surface area contributed by atoms with Crippen LogP contribution >= 0.6 is 0 Å². The van der Waals surface area contributed by atoms with Crippen LogP contribution in [0.15, 0.2) is 36.9 Å². The number of nitrogens with zero attached hydrogens (tertiary/aromatic N) is 1. The van der Waals surface area contributed by atoms with E-state index in [4.69, 9.17) is 0 Å². The molecular formula is C16H24N2. The molecule has 1 aromatic carbocycles. The van der Waals surface area contributed by atoms with Crippen molar-refractivity contribution >= 4 is 5.69 Å². The summed E-state index contributed by atoms with van der Waals surface area (Å²) in [6.45, 7) is 8.16. The van der Waals surface area contributed by atoms with Crippen molar-refractivity contribution in [3.63, 3.8) is 0 Å². The zero-order valence-corrected chi connectivity index (χ0v) is 11.2. The minimum atomic E-state index is 1.00. The van der Waals surface area contributed by atoms with Crippen molar-refractivity contribution in [2.24, 2.45) is 0 Å². The van der Waals surface area contributed by atoms with Gasteiger partial charge in [0.2, 0.25) is 0 Å². The average Bonchev–Trinajstić information content (AvgIpc) is 2.61. The highest BCUT2D eigenvalue weighted by atomic mass is 15.2. The third-order valence-electron chi connectivity index (χ3n) is 3.54. The number of allylic oxidation sites excluding steroid dienone is 1. The van der Waals surface area contributed by atoms with Crippen molar-refractivity contribution in [1.29, 1.82) is 0 Å². The fourth-order valence-electron chi connectivity index (χ4n) is 2.53. The summed E-state index contributed by atoms with van der Waals surface area (Å²) in [7, 11) is 0. The van der Waals surface area contributed by atoms with Gasteiger partial charge in [-0.25, -0.2) is 0 Å². The lowest BCUT2D eigenvalue weighted by Gasteiger charge is -2.24. The summed E-state index contributed by atoms with van der Waals surface area (Å²) in [5, 5.41) is 3.49. The fourth-order valence-corrected chi connectivity index (χ4v) is 2.53. The molecule has 2 heteroatoms. The molecule has 18 heavy (non-hydrogen) atoms. The molecule has 0 aliphatic carbocycles. The second-order valence-corrected chi connectivity index (χ2v) is 4.93. The first-order chi connectivity index (χ1) is 8.92. The van der Waals surface area contributed by atoms with E-state index in [1.807, 2.05) is 6.08 Å². The van der Waals surface area contributed by atoms with Crippen molar-refractivity contribution in [1.82, 2.24) is 5.32 Å². The van der Waals surface area contributed by atoms with Crippen LogP contribution in [0.3, 0.4) is 0 Å². The fraction of sp³-hybridized carbons (Fsp3) is 0.500. The van der Waals surface area contributed by atoms with Crippen molar-refractivity contribution in [2.45, 2.75) is 32.2 Å². The Morgan fingerprint density at radius 3 is 3.00 bits per heavy atom. The van der Waals surface area contributed by atoms with Gasteiger partial charge in [-0.15, -0.1) is 6.58 Å². The Labute approximate surface area is 111 Å². The van der Waals surface area contributed by atoms with Gasteiger partial charge < -0.3 is 10.2 Å². The molecule has 2 rings (SSSR count). The molecule has 1 heterocycles. The van der Waals surface area contributed by atoms with Crippen LogP contribution in [0.5, 0.6) is 0 Å². The van der Waals surface area contributed by atoms with Crippen molar-refractivity contribution in [2.75, 3.05) is 24.5 Å². The molecular weight excluding hydrogens is 220 g/mol. The van der Waals surface area contributed by atoms with Crippen LogP contribution in [0, 0.1) is 0 Å². The number of fused-ring (bicyclic) bond motifs is 1. The molecule has 0 radical (unpaired) electrons. The maximum atomic E-state index is 3.77. The highest BCUT2D eigenvalue weighted by molar-refractivity contribution is 5.54. The van der Waals surface area contributed by atoms with Gasteiger partial charge in [0.1, 0.15) is 0 Å². The van der Waals surface area contributed by atoms with E-state index in [0.29, 0.717) is 0 Å². The number of hydrogen-bond acceptors (Lipinski definition) is 2. The Kier molecular flexibility index (Phi) is 5.28. The Bertz CT molecular complexity index is 373. The maximum Gasteiger partial charge on any atom is 0.0412 e. The first-order valence-corrected chi connectivity index (χ1v) is 7.06. The third-order valence-corrected chi connectivity index (χ3v) is 3.54.